The van der Waals surface area contributed by atoms with E-state index >= 15 is 0 Å². The summed E-state index contributed by atoms with van der Waals surface area (Å²) in [5.41, 5.74) is 0.902. The van der Waals surface area contributed by atoms with E-state index in [9.17, 15) is 4.79 Å². The second-order valence-electron chi connectivity index (χ2n) is 7.66. The maximum Gasteiger partial charge on any atom is 0.249 e. The van der Waals surface area contributed by atoms with E-state index in [1.165, 1.54) is 0 Å². The molecule has 1 aromatic carbocycles. The molecule has 24 heavy (non-hydrogen) atoms. The van der Waals surface area contributed by atoms with E-state index in [0.717, 1.165) is 31.4 Å². The van der Waals surface area contributed by atoms with E-state index < -0.39 is 0 Å². The predicted molar refractivity (Wildman–Crippen MR) is 92.1 cm³/mol. The quantitative estimate of drug-likeness (QED) is 0.846. The van der Waals surface area contributed by atoms with Gasteiger partial charge in [0.1, 0.15) is 6.04 Å². The Morgan fingerprint density at radius 1 is 1.25 bits per heavy atom. The van der Waals surface area contributed by atoms with Crippen LogP contribution in [-0.2, 0) is 4.79 Å². The van der Waals surface area contributed by atoms with Gasteiger partial charge in [0.25, 0.3) is 0 Å². The SMILES string of the molecule is CC(C)(C)CC(=O)N1CCCCC1c1nc(-c2ccccc2)no1. The molecule has 1 saturated heterocycles. The molecule has 0 N–H and O–H groups in total. The monoisotopic (exact) mass is 327 g/mol. The van der Waals surface area contributed by atoms with Gasteiger partial charge in [-0.3, -0.25) is 4.79 Å². The lowest BCUT2D eigenvalue weighted by Crippen LogP contribution is -2.40. The molecule has 0 bridgehead atoms. The summed E-state index contributed by atoms with van der Waals surface area (Å²) in [4.78, 5) is 19.2. The zero-order chi connectivity index (χ0) is 17.2. The summed E-state index contributed by atoms with van der Waals surface area (Å²) >= 11 is 0. The van der Waals surface area contributed by atoms with Crippen molar-refractivity contribution in [2.45, 2.75) is 52.5 Å². The van der Waals surface area contributed by atoms with Gasteiger partial charge >= 0.3 is 0 Å². The van der Waals surface area contributed by atoms with Crippen LogP contribution in [0.4, 0.5) is 0 Å². The molecule has 0 spiro atoms. The Morgan fingerprint density at radius 3 is 2.71 bits per heavy atom. The highest BCUT2D eigenvalue weighted by molar-refractivity contribution is 5.77. The van der Waals surface area contributed by atoms with Gasteiger partial charge in [-0.15, -0.1) is 0 Å². The molecular weight excluding hydrogens is 302 g/mol. The Morgan fingerprint density at radius 2 is 2.00 bits per heavy atom. The van der Waals surface area contributed by atoms with Crippen molar-refractivity contribution in [3.63, 3.8) is 0 Å². The molecule has 5 nitrogen and oxygen atoms in total. The molecule has 1 unspecified atom stereocenters. The maximum absolute atomic E-state index is 12.7. The summed E-state index contributed by atoms with van der Waals surface area (Å²) in [5, 5.41) is 4.11. The summed E-state index contributed by atoms with van der Waals surface area (Å²) in [6.45, 7) is 7.03. The molecule has 1 aromatic heterocycles. The van der Waals surface area contributed by atoms with Crippen LogP contribution in [0.15, 0.2) is 34.9 Å². The van der Waals surface area contributed by atoms with Crippen LogP contribution in [0.3, 0.4) is 0 Å². The zero-order valence-corrected chi connectivity index (χ0v) is 14.7. The second kappa shape index (κ2) is 6.75. The molecule has 2 aromatic rings. The summed E-state index contributed by atoms with van der Waals surface area (Å²) in [7, 11) is 0. The molecule has 0 aliphatic carbocycles. The van der Waals surface area contributed by atoms with Gasteiger partial charge in [0.2, 0.25) is 17.6 Å². The van der Waals surface area contributed by atoms with Crippen molar-refractivity contribution < 1.29 is 9.32 Å². The number of hydrogen-bond acceptors (Lipinski definition) is 4. The number of rotatable bonds is 3. The molecule has 1 fully saturated rings. The topological polar surface area (TPSA) is 59.2 Å². The normalized spacial score (nSPS) is 18.6. The minimum atomic E-state index is -0.0986. The zero-order valence-electron chi connectivity index (χ0n) is 14.7. The van der Waals surface area contributed by atoms with Crippen LogP contribution >= 0.6 is 0 Å². The molecule has 0 radical (unpaired) electrons. The van der Waals surface area contributed by atoms with Gasteiger partial charge in [-0.2, -0.15) is 4.98 Å². The fourth-order valence-corrected chi connectivity index (χ4v) is 3.12. The summed E-state index contributed by atoms with van der Waals surface area (Å²) in [6.07, 6.45) is 3.52. The summed E-state index contributed by atoms with van der Waals surface area (Å²) < 4.78 is 5.51. The van der Waals surface area contributed by atoms with Gasteiger partial charge in [0, 0.05) is 18.5 Å². The average molecular weight is 327 g/mol. The molecule has 0 saturated carbocycles. The second-order valence-corrected chi connectivity index (χ2v) is 7.66. The van der Waals surface area contributed by atoms with E-state index in [1.807, 2.05) is 35.2 Å². The van der Waals surface area contributed by atoms with Crippen LogP contribution in [0.1, 0.15) is 58.4 Å². The average Bonchev–Trinajstić information content (AvgIpc) is 3.04. The highest BCUT2D eigenvalue weighted by Gasteiger charge is 2.33. The highest BCUT2D eigenvalue weighted by Crippen LogP contribution is 2.33. The Labute approximate surface area is 143 Å². The Balaban J connectivity index is 1.81. The van der Waals surface area contributed by atoms with Gasteiger partial charge in [-0.25, -0.2) is 0 Å². The molecular formula is C19H25N3O2. The van der Waals surface area contributed by atoms with Gasteiger partial charge in [-0.1, -0.05) is 56.3 Å². The van der Waals surface area contributed by atoms with Gasteiger partial charge in [-0.05, 0) is 24.7 Å². The molecule has 5 heteroatoms. The molecule has 2 heterocycles. The maximum atomic E-state index is 12.7. The Bertz CT molecular complexity index is 688. The molecule has 1 atom stereocenters. The third kappa shape index (κ3) is 3.83. The van der Waals surface area contributed by atoms with Crippen LogP contribution in [-0.4, -0.2) is 27.5 Å². The minimum absolute atomic E-state index is 0.0247. The van der Waals surface area contributed by atoms with Gasteiger partial charge in [0.05, 0.1) is 0 Å². The van der Waals surface area contributed by atoms with E-state index in [2.05, 4.69) is 30.9 Å². The first kappa shape index (κ1) is 16.7. The smallest absolute Gasteiger partial charge is 0.249 e. The lowest BCUT2D eigenvalue weighted by molar-refractivity contribution is -0.137. The van der Waals surface area contributed by atoms with E-state index in [-0.39, 0.29) is 17.4 Å². The van der Waals surface area contributed by atoms with Crippen molar-refractivity contribution in [2.24, 2.45) is 5.41 Å². The predicted octanol–water partition coefficient (Wildman–Crippen LogP) is 4.23. The number of benzene rings is 1. The Kier molecular flexibility index (Phi) is 4.69. The van der Waals surface area contributed by atoms with Crippen LogP contribution in [0, 0.1) is 5.41 Å². The summed E-state index contributed by atoms with van der Waals surface area (Å²) in [5.74, 6) is 1.31. The number of hydrogen-bond donors (Lipinski definition) is 0. The number of nitrogens with zero attached hydrogens (tertiary/aromatic N) is 3. The Hall–Kier alpha value is -2.17. The number of carbonyl (C=O) groups excluding carboxylic acids is 1. The fraction of sp³-hybridized carbons (Fsp3) is 0.526. The first-order chi connectivity index (χ1) is 11.4. The third-order valence-electron chi connectivity index (χ3n) is 4.26. The van der Waals surface area contributed by atoms with Gasteiger partial charge in [0.15, 0.2) is 0 Å². The standard InChI is InChI=1S/C19H25N3O2/c1-19(2,3)13-16(23)22-12-8-7-11-15(22)18-20-17(21-24-18)14-9-5-4-6-10-14/h4-6,9-10,15H,7-8,11-13H2,1-3H3. The van der Waals surface area contributed by atoms with Crippen LogP contribution in [0.2, 0.25) is 0 Å². The summed E-state index contributed by atoms with van der Waals surface area (Å²) in [6, 6.07) is 9.67. The number of piperidine rings is 1. The van der Waals surface area contributed by atoms with Crippen molar-refractivity contribution in [1.29, 1.82) is 0 Å². The third-order valence-corrected chi connectivity index (χ3v) is 4.26. The molecule has 1 amide bonds. The van der Waals surface area contributed by atoms with Crippen LogP contribution in [0.5, 0.6) is 0 Å². The number of amides is 1. The fourth-order valence-electron chi connectivity index (χ4n) is 3.12. The molecule has 1 aliphatic heterocycles. The van der Waals surface area contributed by atoms with Crippen molar-refractivity contribution in [3.8, 4) is 11.4 Å². The number of carbonyl (C=O) groups is 1. The minimum Gasteiger partial charge on any atom is -0.337 e. The largest absolute Gasteiger partial charge is 0.337 e. The van der Waals surface area contributed by atoms with E-state index in [4.69, 9.17) is 4.52 Å². The van der Waals surface area contributed by atoms with E-state index in [0.29, 0.717) is 18.1 Å². The van der Waals surface area contributed by atoms with Crippen LogP contribution in [0.25, 0.3) is 11.4 Å². The van der Waals surface area contributed by atoms with Crippen molar-refractivity contribution >= 4 is 5.91 Å². The van der Waals surface area contributed by atoms with Crippen molar-refractivity contribution in [1.82, 2.24) is 15.0 Å². The number of aromatic nitrogens is 2. The lowest BCUT2D eigenvalue weighted by atomic mass is 9.90. The molecule has 1 aliphatic rings. The van der Waals surface area contributed by atoms with Crippen molar-refractivity contribution in [3.05, 3.63) is 36.2 Å². The molecule has 3 rings (SSSR count). The van der Waals surface area contributed by atoms with Crippen molar-refractivity contribution in [2.75, 3.05) is 6.54 Å². The van der Waals surface area contributed by atoms with Gasteiger partial charge < -0.3 is 9.42 Å². The first-order valence-corrected chi connectivity index (χ1v) is 8.62. The molecule has 128 valence electrons. The van der Waals surface area contributed by atoms with E-state index in [1.54, 1.807) is 0 Å². The first-order valence-electron chi connectivity index (χ1n) is 8.62. The number of likely N-dealkylation sites (tertiary alicyclic amines) is 1. The van der Waals surface area contributed by atoms with Crippen LogP contribution < -0.4 is 0 Å². The highest BCUT2D eigenvalue weighted by atomic mass is 16.5. The lowest BCUT2D eigenvalue weighted by Gasteiger charge is -2.35.